The summed E-state index contributed by atoms with van der Waals surface area (Å²) < 4.78 is 5.24. The van der Waals surface area contributed by atoms with Gasteiger partial charge in [0.15, 0.2) is 0 Å². The quantitative estimate of drug-likeness (QED) is 0.858. The van der Waals surface area contributed by atoms with Gasteiger partial charge in [-0.2, -0.15) is 0 Å². The molecule has 2 aromatic rings. The Bertz CT molecular complexity index is 488. The summed E-state index contributed by atoms with van der Waals surface area (Å²) in [5.41, 5.74) is 9.39. The number of aryl methyl sites for hydroxylation is 4. The Kier molecular flexibility index (Phi) is 2.95. The minimum absolute atomic E-state index is 0.246. The Hall–Kier alpha value is -1.77. The second-order valence-corrected chi connectivity index (χ2v) is 4.09. The van der Waals surface area contributed by atoms with Gasteiger partial charge in [-0.1, -0.05) is 23.8 Å². The summed E-state index contributed by atoms with van der Waals surface area (Å²) in [6.45, 7) is 4.24. The molecule has 1 heterocycles. The number of anilines is 1. The van der Waals surface area contributed by atoms with Crippen LogP contribution in [0.25, 0.3) is 0 Å². The molecule has 0 fully saturated rings. The van der Waals surface area contributed by atoms with E-state index >= 15 is 0 Å². The highest BCUT2D eigenvalue weighted by Crippen LogP contribution is 2.14. The maximum atomic E-state index is 5.42. The van der Waals surface area contributed by atoms with Crippen LogP contribution < -0.4 is 5.73 Å². The third-order valence-corrected chi connectivity index (χ3v) is 2.71. The molecule has 0 saturated carbocycles. The number of rotatable bonds is 3. The van der Waals surface area contributed by atoms with Gasteiger partial charge in [0.1, 0.15) is 5.76 Å². The van der Waals surface area contributed by atoms with Crippen LogP contribution in [0.5, 0.6) is 0 Å². The van der Waals surface area contributed by atoms with E-state index in [0.717, 1.165) is 18.6 Å². The van der Waals surface area contributed by atoms with Crippen LogP contribution in [0.4, 0.5) is 6.01 Å². The molecule has 0 unspecified atom stereocenters. The first-order valence-corrected chi connectivity index (χ1v) is 5.41. The molecular formula is C13H16N2O. The number of oxazole rings is 1. The van der Waals surface area contributed by atoms with Gasteiger partial charge in [0.05, 0.1) is 6.20 Å². The molecule has 0 aliphatic heterocycles. The van der Waals surface area contributed by atoms with Crippen molar-refractivity contribution in [3.63, 3.8) is 0 Å². The Morgan fingerprint density at radius 1 is 1.25 bits per heavy atom. The standard InChI is InChI=1S/C13H16N2O/c1-9-3-4-11(10(2)7-9)5-6-12-8-15-13(14)16-12/h3-4,7-8H,5-6H2,1-2H3,(H2,14,15). The zero-order valence-corrected chi connectivity index (χ0v) is 9.66. The van der Waals surface area contributed by atoms with E-state index in [4.69, 9.17) is 10.2 Å². The van der Waals surface area contributed by atoms with Gasteiger partial charge in [-0.25, -0.2) is 4.98 Å². The first-order valence-electron chi connectivity index (χ1n) is 5.41. The van der Waals surface area contributed by atoms with E-state index in [1.807, 2.05) is 0 Å². The molecule has 3 heteroatoms. The number of benzene rings is 1. The lowest BCUT2D eigenvalue weighted by Crippen LogP contribution is -1.93. The molecule has 0 aliphatic carbocycles. The van der Waals surface area contributed by atoms with Crippen LogP contribution >= 0.6 is 0 Å². The van der Waals surface area contributed by atoms with Crippen LogP contribution in [0, 0.1) is 13.8 Å². The van der Waals surface area contributed by atoms with Crippen molar-refractivity contribution in [2.24, 2.45) is 0 Å². The number of aromatic nitrogens is 1. The van der Waals surface area contributed by atoms with Gasteiger partial charge < -0.3 is 10.2 Å². The van der Waals surface area contributed by atoms with Crippen molar-refractivity contribution in [2.45, 2.75) is 26.7 Å². The summed E-state index contributed by atoms with van der Waals surface area (Å²) in [4.78, 5) is 3.88. The van der Waals surface area contributed by atoms with Gasteiger partial charge in [0, 0.05) is 6.42 Å². The maximum Gasteiger partial charge on any atom is 0.292 e. The fraction of sp³-hybridized carbons (Fsp3) is 0.308. The topological polar surface area (TPSA) is 52.0 Å². The van der Waals surface area contributed by atoms with E-state index in [0.29, 0.717) is 0 Å². The van der Waals surface area contributed by atoms with Crippen molar-refractivity contribution < 1.29 is 4.42 Å². The predicted molar refractivity (Wildman–Crippen MR) is 64.2 cm³/mol. The molecule has 1 aromatic carbocycles. The minimum atomic E-state index is 0.246. The Balaban J connectivity index is 2.04. The van der Waals surface area contributed by atoms with Crippen LogP contribution in [0.1, 0.15) is 22.5 Å². The fourth-order valence-electron chi connectivity index (χ4n) is 1.82. The molecule has 2 rings (SSSR count). The predicted octanol–water partition coefficient (Wildman–Crippen LogP) is 2.66. The molecule has 1 aromatic heterocycles. The molecule has 0 spiro atoms. The summed E-state index contributed by atoms with van der Waals surface area (Å²) in [5.74, 6) is 0.845. The lowest BCUT2D eigenvalue weighted by molar-refractivity contribution is 0.521. The molecule has 0 amide bonds. The lowest BCUT2D eigenvalue weighted by Gasteiger charge is -2.05. The summed E-state index contributed by atoms with van der Waals surface area (Å²) in [6, 6.07) is 6.75. The monoisotopic (exact) mass is 216 g/mol. The average Bonchev–Trinajstić information content (AvgIpc) is 2.63. The highest BCUT2D eigenvalue weighted by atomic mass is 16.4. The minimum Gasteiger partial charge on any atom is -0.429 e. The van der Waals surface area contributed by atoms with Crippen LogP contribution in [-0.2, 0) is 12.8 Å². The number of nitrogen functional groups attached to an aromatic ring is 1. The highest BCUT2D eigenvalue weighted by Gasteiger charge is 2.03. The molecule has 0 aliphatic rings. The third kappa shape index (κ3) is 2.42. The lowest BCUT2D eigenvalue weighted by atomic mass is 10.0. The molecule has 3 nitrogen and oxygen atoms in total. The summed E-state index contributed by atoms with van der Waals surface area (Å²) in [7, 11) is 0. The second-order valence-electron chi connectivity index (χ2n) is 4.09. The Morgan fingerprint density at radius 2 is 2.06 bits per heavy atom. The van der Waals surface area contributed by atoms with E-state index in [9.17, 15) is 0 Å². The van der Waals surface area contributed by atoms with E-state index < -0.39 is 0 Å². The molecule has 16 heavy (non-hydrogen) atoms. The molecule has 0 radical (unpaired) electrons. The van der Waals surface area contributed by atoms with Crippen molar-refractivity contribution in [2.75, 3.05) is 5.73 Å². The van der Waals surface area contributed by atoms with Crippen molar-refractivity contribution in [3.8, 4) is 0 Å². The van der Waals surface area contributed by atoms with E-state index in [1.165, 1.54) is 16.7 Å². The largest absolute Gasteiger partial charge is 0.429 e. The zero-order chi connectivity index (χ0) is 11.5. The van der Waals surface area contributed by atoms with E-state index in [-0.39, 0.29) is 6.01 Å². The van der Waals surface area contributed by atoms with Gasteiger partial charge in [-0.15, -0.1) is 0 Å². The zero-order valence-electron chi connectivity index (χ0n) is 9.66. The SMILES string of the molecule is Cc1ccc(CCc2cnc(N)o2)c(C)c1. The number of nitrogens with zero attached hydrogens (tertiary/aromatic N) is 1. The van der Waals surface area contributed by atoms with Crippen molar-refractivity contribution >= 4 is 6.01 Å². The number of hydrogen-bond acceptors (Lipinski definition) is 3. The molecule has 0 bridgehead atoms. The second kappa shape index (κ2) is 4.39. The van der Waals surface area contributed by atoms with Crippen molar-refractivity contribution in [3.05, 3.63) is 46.8 Å². The van der Waals surface area contributed by atoms with Crippen LogP contribution in [0.3, 0.4) is 0 Å². The molecule has 0 atom stereocenters. The smallest absolute Gasteiger partial charge is 0.292 e. The first kappa shape index (κ1) is 10.7. The van der Waals surface area contributed by atoms with Crippen LogP contribution in [0.15, 0.2) is 28.8 Å². The average molecular weight is 216 g/mol. The summed E-state index contributed by atoms with van der Waals surface area (Å²) in [5, 5.41) is 0. The van der Waals surface area contributed by atoms with Gasteiger partial charge in [0.2, 0.25) is 0 Å². The molecule has 2 N–H and O–H groups in total. The molecular weight excluding hydrogens is 200 g/mol. The third-order valence-electron chi connectivity index (χ3n) is 2.71. The summed E-state index contributed by atoms with van der Waals surface area (Å²) >= 11 is 0. The normalized spacial score (nSPS) is 10.6. The Morgan fingerprint density at radius 3 is 2.69 bits per heavy atom. The number of hydrogen-bond donors (Lipinski definition) is 1. The van der Waals surface area contributed by atoms with Gasteiger partial charge in [-0.05, 0) is 31.4 Å². The molecule has 84 valence electrons. The maximum absolute atomic E-state index is 5.42. The first-order chi connectivity index (χ1) is 7.65. The van der Waals surface area contributed by atoms with E-state index in [2.05, 4.69) is 37.0 Å². The Labute approximate surface area is 95.3 Å². The van der Waals surface area contributed by atoms with Crippen molar-refractivity contribution in [1.82, 2.24) is 4.98 Å². The van der Waals surface area contributed by atoms with Crippen LogP contribution in [0.2, 0.25) is 0 Å². The van der Waals surface area contributed by atoms with Gasteiger partial charge in [-0.3, -0.25) is 0 Å². The number of nitrogens with two attached hydrogens (primary N) is 1. The van der Waals surface area contributed by atoms with Gasteiger partial charge in [0.25, 0.3) is 6.01 Å². The fourth-order valence-corrected chi connectivity index (χ4v) is 1.82. The summed E-state index contributed by atoms with van der Waals surface area (Å²) in [6.07, 6.45) is 3.49. The van der Waals surface area contributed by atoms with Crippen LogP contribution in [-0.4, -0.2) is 4.98 Å². The molecule has 0 saturated heterocycles. The highest BCUT2D eigenvalue weighted by molar-refractivity contribution is 5.30. The van der Waals surface area contributed by atoms with Gasteiger partial charge >= 0.3 is 0 Å². The van der Waals surface area contributed by atoms with Crippen molar-refractivity contribution in [1.29, 1.82) is 0 Å². The van der Waals surface area contributed by atoms with E-state index in [1.54, 1.807) is 6.20 Å².